The molecule has 37 heavy (non-hydrogen) atoms. The van der Waals surface area contributed by atoms with Gasteiger partial charge in [0.2, 0.25) is 11.5 Å². The van der Waals surface area contributed by atoms with E-state index >= 15 is 0 Å². The highest BCUT2D eigenvalue weighted by Crippen LogP contribution is 2.39. The van der Waals surface area contributed by atoms with Crippen molar-refractivity contribution in [2.75, 3.05) is 17.9 Å². The molecule has 1 amide bonds. The summed E-state index contributed by atoms with van der Waals surface area (Å²) in [4.78, 5) is 23.8. The third-order valence-corrected chi connectivity index (χ3v) is 7.59. The Morgan fingerprint density at radius 3 is 2.46 bits per heavy atom. The van der Waals surface area contributed by atoms with Gasteiger partial charge >= 0.3 is 12.1 Å². The highest BCUT2D eigenvalue weighted by atomic mass is 35.5. The van der Waals surface area contributed by atoms with E-state index in [0.29, 0.717) is 13.8 Å². The van der Waals surface area contributed by atoms with Gasteiger partial charge in [0, 0.05) is 7.05 Å². The molecule has 1 aliphatic heterocycles. The summed E-state index contributed by atoms with van der Waals surface area (Å²) in [5, 5.41) is 1.99. The van der Waals surface area contributed by atoms with Crippen LogP contribution in [-0.4, -0.2) is 51.8 Å². The van der Waals surface area contributed by atoms with E-state index in [1.807, 2.05) is 0 Å². The minimum atomic E-state index is -4.80. The van der Waals surface area contributed by atoms with Gasteiger partial charge in [-0.2, -0.15) is 13.2 Å². The summed E-state index contributed by atoms with van der Waals surface area (Å²) >= 11 is 5.78. The maximum Gasteiger partial charge on any atom is 0.427 e. The molecule has 1 heterocycles. The Bertz CT molecular complexity index is 1320. The van der Waals surface area contributed by atoms with Crippen LogP contribution in [0.2, 0.25) is 5.02 Å². The number of benzene rings is 2. The average molecular weight is 567 g/mol. The van der Waals surface area contributed by atoms with Crippen LogP contribution in [0.15, 0.2) is 41.3 Å². The topological polar surface area (TPSA) is 102 Å². The number of fused-ring (bicyclic) bond motifs is 1. The summed E-state index contributed by atoms with van der Waals surface area (Å²) < 4.78 is 91.2. The van der Waals surface area contributed by atoms with E-state index in [1.54, 1.807) is 0 Å². The Balaban J connectivity index is 1.99. The monoisotopic (exact) mass is 566 g/mol. The lowest BCUT2D eigenvalue weighted by Crippen LogP contribution is -2.45. The third kappa shape index (κ3) is 6.27. The highest BCUT2D eigenvalue weighted by molar-refractivity contribution is 7.92. The van der Waals surface area contributed by atoms with Crippen LogP contribution < -0.4 is 14.4 Å². The molecular formula is C23H23ClF4N2O6S. The molecule has 202 valence electrons. The van der Waals surface area contributed by atoms with Gasteiger partial charge in [0.15, 0.2) is 0 Å². The number of nitrogens with one attached hydrogen (secondary N) is 1. The van der Waals surface area contributed by atoms with Crippen molar-refractivity contribution in [3.05, 3.63) is 52.8 Å². The van der Waals surface area contributed by atoms with E-state index in [2.05, 4.69) is 10.1 Å². The molecule has 0 bridgehead atoms. The standard InChI is InChI=1S/C23H23ClF4N2O6S/c1-22(2,23(26,27)28)36-21(32)9-13-4-7-19-18(8-13)30(12-14(35-19)10-20(31)29-3)37(33,34)15-5-6-17(25)16(24)11-15/h4-8,11,14H,9-10,12H2,1-3H3,(H,29,31). The fourth-order valence-corrected chi connectivity index (χ4v) is 5.19. The maximum absolute atomic E-state index is 13.7. The summed E-state index contributed by atoms with van der Waals surface area (Å²) in [6.07, 6.45) is -6.48. The van der Waals surface area contributed by atoms with E-state index in [0.717, 1.165) is 22.5 Å². The summed E-state index contributed by atoms with van der Waals surface area (Å²) in [6.45, 7) is 1.09. The second-order valence-corrected chi connectivity index (χ2v) is 11.0. The molecule has 0 saturated carbocycles. The Kier molecular flexibility index (Phi) is 7.99. The van der Waals surface area contributed by atoms with Gasteiger partial charge in [0.05, 0.1) is 35.0 Å². The number of rotatable bonds is 7. The van der Waals surface area contributed by atoms with Crippen molar-refractivity contribution in [3.63, 3.8) is 0 Å². The van der Waals surface area contributed by atoms with Crippen molar-refractivity contribution < 1.29 is 45.0 Å². The summed E-state index contributed by atoms with van der Waals surface area (Å²) in [6, 6.07) is 6.78. The molecule has 1 unspecified atom stereocenters. The molecule has 0 saturated heterocycles. The van der Waals surface area contributed by atoms with Gasteiger partial charge < -0.3 is 14.8 Å². The molecule has 2 aromatic rings. The van der Waals surface area contributed by atoms with Crippen molar-refractivity contribution in [2.45, 2.75) is 49.5 Å². The minimum Gasteiger partial charge on any atom is -0.486 e. The molecule has 0 spiro atoms. The normalized spacial score (nSPS) is 16.0. The zero-order chi connectivity index (χ0) is 27.8. The largest absolute Gasteiger partial charge is 0.486 e. The first-order valence-electron chi connectivity index (χ1n) is 10.8. The molecular weight excluding hydrogens is 544 g/mol. The number of amides is 1. The van der Waals surface area contributed by atoms with E-state index in [1.165, 1.54) is 25.2 Å². The zero-order valence-corrected chi connectivity index (χ0v) is 21.4. The lowest BCUT2D eigenvalue weighted by molar-refractivity contribution is -0.257. The van der Waals surface area contributed by atoms with E-state index < -0.39 is 57.0 Å². The van der Waals surface area contributed by atoms with Gasteiger partial charge in [0.25, 0.3) is 10.0 Å². The lowest BCUT2D eigenvalue weighted by Gasteiger charge is -2.35. The zero-order valence-electron chi connectivity index (χ0n) is 19.9. The summed E-state index contributed by atoms with van der Waals surface area (Å²) in [7, 11) is -2.98. The number of nitrogens with zero attached hydrogens (tertiary/aromatic N) is 1. The fourth-order valence-electron chi connectivity index (χ4n) is 3.42. The van der Waals surface area contributed by atoms with Crippen molar-refractivity contribution in [1.82, 2.24) is 5.32 Å². The van der Waals surface area contributed by atoms with Gasteiger partial charge in [-0.05, 0) is 49.7 Å². The highest BCUT2D eigenvalue weighted by Gasteiger charge is 2.50. The van der Waals surface area contributed by atoms with Gasteiger partial charge in [-0.3, -0.25) is 13.9 Å². The number of esters is 1. The number of ether oxygens (including phenoxy) is 2. The maximum atomic E-state index is 13.7. The molecule has 1 N–H and O–H groups in total. The number of anilines is 1. The molecule has 3 rings (SSSR count). The Morgan fingerprint density at radius 1 is 1.19 bits per heavy atom. The SMILES string of the molecule is CNC(=O)CC1CN(S(=O)(=O)c2ccc(F)c(Cl)c2)c2cc(CC(=O)OC(C)(C)C(F)(F)F)ccc2O1. The molecule has 8 nitrogen and oxygen atoms in total. The number of hydrogen-bond acceptors (Lipinski definition) is 6. The van der Waals surface area contributed by atoms with Gasteiger partial charge in [-0.1, -0.05) is 17.7 Å². The molecule has 0 aliphatic carbocycles. The van der Waals surface area contributed by atoms with Crippen molar-refractivity contribution in [3.8, 4) is 5.75 Å². The van der Waals surface area contributed by atoms with Crippen LogP contribution in [0.5, 0.6) is 5.75 Å². The van der Waals surface area contributed by atoms with Gasteiger partial charge in [0.1, 0.15) is 17.7 Å². The molecule has 0 radical (unpaired) electrons. The number of alkyl halides is 3. The second-order valence-electron chi connectivity index (χ2n) is 8.69. The molecule has 0 aromatic heterocycles. The first-order valence-corrected chi connectivity index (χ1v) is 12.6. The first-order chi connectivity index (χ1) is 17.0. The van der Waals surface area contributed by atoms with Crippen LogP contribution in [0.25, 0.3) is 0 Å². The van der Waals surface area contributed by atoms with Crippen LogP contribution in [0, 0.1) is 5.82 Å². The van der Waals surface area contributed by atoms with Gasteiger partial charge in [-0.15, -0.1) is 0 Å². The number of sulfonamides is 1. The number of halogens is 5. The Labute approximate surface area is 215 Å². The number of carbonyl (C=O) groups is 2. The molecule has 2 aromatic carbocycles. The number of carbonyl (C=O) groups excluding carboxylic acids is 2. The Hall–Kier alpha value is -3.06. The van der Waals surface area contributed by atoms with Crippen LogP contribution in [-0.2, 0) is 30.8 Å². The smallest absolute Gasteiger partial charge is 0.427 e. The van der Waals surface area contributed by atoms with Crippen LogP contribution in [0.1, 0.15) is 25.8 Å². The van der Waals surface area contributed by atoms with Gasteiger partial charge in [-0.25, -0.2) is 12.8 Å². The van der Waals surface area contributed by atoms with Crippen molar-refractivity contribution in [2.24, 2.45) is 0 Å². The Morgan fingerprint density at radius 2 is 1.86 bits per heavy atom. The minimum absolute atomic E-state index is 0.0333. The fraction of sp³-hybridized carbons (Fsp3) is 0.391. The lowest BCUT2D eigenvalue weighted by atomic mass is 10.1. The molecule has 1 aliphatic rings. The summed E-state index contributed by atoms with van der Waals surface area (Å²) in [5.41, 5.74) is -2.62. The van der Waals surface area contributed by atoms with E-state index in [9.17, 15) is 35.6 Å². The van der Waals surface area contributed by atoms with Crippen LogP contribution >= 0.6 is 11.6 Å². The predicted molar refractivity (Wildman–Crippen MR) is 125 cm³/mol. The van der Waals surface area contributed by atoms with Crippen molar-refractivity contribution in [1.29, 1.82) is 0 Å². The van der Waals surface area contributed by atoms with E-state index in [4.69, 9.17) is 16.3 Å². The van der Waals surface area contributed by atoms with Crippen molar-refractivity contribution >= 4 is 39.2 Å². The molecule has 1 atom stereocenters. The third-order valence-electron chi connectivity index (χ3n) is 5.53. The van der Waals surface area contributed by atoms with E-state index in [-0.39, 0.29) is 34.9 Å². The number of hydrogen-bond donors (Lipinski definition) is 1. The molecule has 14 heteroatoms. The summed E-state index contributed by atoms with van der Waals surface area (Å²) in [5.74, 6) is -2.38. The van der Waals surface area contributed by atoms with Crippen LogP contribution in [0.4, 0.5) is 23.2 Å². The van der Waals surface area contributed by atoms with Crippen LogP contribution in [0.3, 0.4) is 0 Å². The first kappa shape index (κ1) is 28.5. The predicted octanol–water partition coefficient (Wildman–Crippen LogP) is 4.00. The molecule has 0 fully saturated rings. The quantitative estimate of drug-likeness (QED) is 0.402. The average Bonchev–Trinajstić information content (AvgIpc) is 2.79. The second kappa shape index (κ2) is 10.4.